The molecule has 1 saturated carbocycles. The number of nitrogens with one attached hydrogen (secondary N) is 1. The van der Waals surface area contributed by atoms with E-state index in [1.807, 2.05) is 12.1 Å². The zero-order chi connectivity index (χ0) is 17.0. The van der Waals surface area contributed by atoms with Crippen LogP contribution in [0.3, 0.4) is 0 Å². The summed E-state index contributed by atoms with van der Waals surface area (Å²) in [5.74, 6) is 0.539. The number of aromatic nitrogens is 5. The van der Waals surface area contributed by atoms with E-state index in [0.29, 0.717) is 11.2 Å². The normalized spacial score (nSPS) is 15.9. The number of nitrogens with zero attached hydrogens (tertiary/aromatic N) is 4. The summed E-state index contributed by atoms with van der Waals surface area (Å²) in [7, 11) is 0. The van der Waals surface area contributed by atoms with Crippen molar-refractivity contribution in [3.63, 3.8) is 0 Å². The average molecular weight is 332 g/mol. The molecule has 0 bridgehead atoms. The monoisotopic (exact) mass is 332 g/mol. The summed E-state index contributed by atoms with van der Waals surface area (Å²) >= 11 is 0. The lowest BCUT2D eigenvalue weighted by atomic mass is 10.0. The van der Waals surface area contributed by atoms with Gasteiger partial charge in [0.25, 0.3) is 0 Å². The smallest absolute Gasteiger partial charge is 0.135 e. The minimum Gasteiger partial charge on any atom is -0.383 e. The molecule has 1 fully saturated rings. The van der Waals surface area contributed by atoms with Crippen LogP contribution >= 0.6 is 0 Å². The summed E-state index contributed by atoms with van der Waals surface area (Å²) < 4.78 is 2.06. The number of anilines is 1. The van der Waals surface area contributed by atoms with E-state index in [1.54, 1.807) is 6.20 Å². The maximum absolute atomic E-state index is 6.23. The molecule has 0 spiro atoms. The number of fused-ring (bicyclic) bond motifs is 3. The predicted molar refractivity (Wildman–Crippen MR) is 99.0 cm³/mol. The number of hydrogen-bond donors (Lipinski definition) is 2. The van der Waals surface area contributed by atoms with E-state index in [2.05, 4.69) is 45.1 Å². The first-order valence-electron chi connectivity index (χ1n) is 8.74. The number of H-pyrrole nitrogens is 1. The third-order valence-corrected chi connectivity index (χ3v) is 5.55. The van der Waals surface area contributed by atoms with Crippen molar-refractivity contribution in [2.75, 3.05) is 5.73 Å². The van der Waals surface area contributed by atoms with Gasteiger partial charge in [-0.3, -0.25) is 9.78 Å². The molecule has 5 rings (SSSR count). The molecule has 1 aromatic carbocycles. The molecule has 4 aromatic rings. The summed E-state index contributed by atoms with van der Waals surface area (Å²) in [5.41, 5.74) is 10.5. The Bertz CT molecular complexity index is 1070. The van der Waals surface area contributed by atoms with Crippen molar-refractivity contribution in [3.05, 3.63) is 36.7 Å². The number of hydrogen-bond acceptors (Lipinski definition) is 4. The number of nitrogen functional groups attached to an aromatic ring is 1. The van der Waals surface area contributed by atoms with Crippen LogP contribution in [0.4, 0.5) is 5.82 Å². The first-order chi connectivity index (χ1) is 12.2. The second-order valence-electron chi connectivity index (χ2n) is 7.14. The Hall–Kier alpha value is -2.89. The van der Waals surface area contributed by atoms with E-state index in [-0.39, 0.29) is 0 Å². The molecule has 0 amide bonds. The molecular weight excluding hydrogens is 312 g/mol. The van der Waals surface area contributed by atoms with Crippen molar-refractivity contribution < 1.29 is 0 Å². The highest BCUT2D eigenvalue weighted by atomic mass is 15.3. The van der Waals surface area contributed by atoms with Gasteiger partial charge in [-0.2, -0.15) is 10.2 Å². The highest BCUT2D eigenvalue weighted by molar-refractivity contribution is 6.08. The largest absolute Gasteiger partial charge is 0.383 e. The molecule has 25 heavy (non-hydrogen) atoms. The van der Waals surface area contributed by atoms with Crippen molar-refractivity contribution >= 4 is 27.6 Å². The van der Waals surface area contributed by atoms with Crippen LogP contribution in [-0.2, 0) is 6.54 Å². The fraction of sp³-hybridized carbons (Fsp3) is 0.316. The summed E-state index contributed by atoms with van der Waals surface area (Å²) in [5, 5.41) is 13.8. The average Bonchev–Trinajstić information content (AvgIpc) is 3.01. The Morgan fingerprint density at radius 2 is 2.12 bits per heavy atom. The van der Waals surface area contributed by atoms with Gasteiger partial charge in [-0.15, -0.1) is 0 Å². The summed E-state index contributed by atoms with van der Waals surface area (Å²) in [6, 6.07) is 8.12. The molecule has 3 N–H and O–H groups in total. The quantitative estimate of drug-likeness (QED) is 0.596. The topological polar surface area (TPSA) is 85.4 Å². The first kappa shape index (κ1) is 14.5. The third-order valence-electron chi connectivity index (χ3n) is 5.55. The van der Waals surface area contributed by atoms with Crippen molar-refractivity contribution in [1.82, 2.24) is 25.0 Å². The lowest BCUT2D eigenvalue weighted by Crippen LogP contribution is -2.10. The lowest BCUT2D eigenvalue weighted by Gasteiger charge is -2.11. The number of benzene rings is 1. The highest BCUT2D eigenvalue weighted by Gasteiger charge is 2.41. The number of rotatable bonds is 4. The fourth-order valence-corrected chi connectivity index (χ4v) is 3.63. The van der Waals surface area contributed by atoms with Gasteiger partial charge in [0.15, 0.2) is 0 Å². The standard InChI is InChI=1S/C19H20N6/c1-2-19(6-7-19)11-25-10-14-17(24-25)13-4-3-12(15-5-8-21-23-15)9-16(13)22-18(14)20/h3-5,8-10H,2,6-7,11H2,1H3,(H2,20,22)(H,21,23). The van der Waals surface area contributed by atoms with Crippen LogP contribution in [0.25, 0.3) is 33.1 Å². The van der Waals surface area contributed by atoms with Gasteiger partial charge in [0, 0.05) is 29.9 Å². The van der Waals surface area contributed by atoms with E-state index < -0.39 is 0 Å². The third kappa shape index (κ3) is 2.28. The molecule has 0 saturated heterocycles. The number of nitrogens with two attached hydrogens (primary N) is 1. The molecule has 0 radical (unpaired) electrons. The van der Waals surface area contributed by atoms with Gasteiger partial charge >= 0.3 is 0 Å². The van der Waals surface area contributed by atoms with Crippen LogP contribution in [0, 0.1) is 5.41 Å². The molecule has 3 heterocycles. The Labute approximate surface area is 145 Å². The van der Waals surface area contributed by atoms with Gasteiger partial charge in [-0.1, -0.05) is 13.0 Å². The Morgan fingerprint density at radius 1 is 1.24 bits per heavy atom. The van der Waals surface area contributed by atoms with Crippen LogP contribution in [-0.4, -0.2) is 25.0 Å². The predicted octanol–water partition coefficient (Wildman–Crippen LogP) is 3.75. The van der Waals surface area contributed by atoms with E-state index in [1.165, 1.54) is 19.3 Å². The van der Waals surface area contributed by atoms with Crippen LogP contribution in [0.5, 0.6) is 0 Å². The van der Waals surface area contributed by atoms with Gasteiger partial charge < -0.3 is 5.73 Å². The van der Waals surface area contributed by atoms with Gasteiger partial charge in [0.1, 0.15) is 11.3 Å². The fourth-order valence-electron chi connectivity index (χ4n) is 3.63. The van der Waals surface area contributed by atoms with Crippen molar-refractivity contribution in [1.29, 1.82) is 0 Å². The van der Waals surface area contributed by atoms with Crippen LogP contribution in [0.1, 0.15) is 26.2 Å². The van der Waals surface area contributed by atoms with E-state index in [9.17, 15) is 0 Å². The van der Waals surface area contributed by atoms with E-state index >= 15 is 0 Å². The first-order valence-corrected chi connectivity index (χ1v) is 8.74. The minimum atomic E-state index is 0.438. The zero-order valence-electron chi connectivity index (χ0n) is 14.2. The summed E-state index contributed by atoms with van der Waals surface area (Å²) in [6.07, 6.45) is 7.58. The van der Waals surface area contributed by atoms with Gasteiger partial charge in [0.2, 0.25) is 0 Å². The molecule has 0 unspecified atom stereocenters. The summed E-state index contributed by atoms with van der Waals surface area (Å²) in [4.78, 5) is 4.61. The minimum absolute atomic E-state index is 0.438. The molecule has 6 heteroatoms. The molecular formula is C19H20N6. The second kappa shape index (κ2) is 5.05. The van der Waals surface area contributed by atoms with Crippen molar-refractivity contribution in [2.45, 2.75) is 32.7 Å². The molecule has 0 aliphatic heterocycles. The van der Waals surface area contributed by atoms with Crippen molar-refractivity contribution in [2.24, 2.45) is 5.41 Å². The van der Waals surface area contributed by atoms with E-state index in [0.717, 1.165) is 39.6 Å². The SMILES string of the molecule is CCC1(Cn2cc3c(N)nc4cc(-c5ccn[nH]5)ccc4c3n2)CC1. The molecule has 3 aromatic heterocycles. The van der Waals surface area contributed by atoms with Crippen LogP contribution < -0.4 is 5.73 Å². The maximum atomic E-state index is 6.23. The molecule has 0 atom stereocenters. The Kier molecular flexibility index (Phi) is 2.92. The van der Waals surface area contributed by atoms with Gasteiger partial charge in [-0.25, -0.2) is 4.98 Å². The molecule has 6 nitrogen and oxygen atoms in total. The zero-order valence-corrected chi connectivity index (χ0v) is 14.2. The Morgan fingerprint density at radius 3 is 2.84 bits per heavy atom. The highest BCUT2D eigenvalue weighted by Crippen LogP contribution is 2.50. The molecule has 1 aliphatic rings. The summed E-state index contributed by atoms with van der Waals surface area (Å²) in [6.45, 7) is 3.23. The Balaban J connectivity index is 1.65. The second-order valence-corrected chi connectivity index (χ2v) is 7.14. The maximum Gasteiger partial charge on any atom is 0.135 e. The van der Waals surface area contributed by atoms with Crippen LogP contribution in [0.15, 0.2) is 36.7 Å². The van der Waals surface area contributed by atoms with Gasteiger partial charge in [-0.05, 0) is 42.9 Å². The molecule has 1 aliphatic carbocycles. The van der Waals surface area contributed by atoms with E-state index in [4.69, 9.17) is 10.8 Å². The molecule has 126 valence electrons. The van der Waals surface area contributed by atoms with Crippen LogP contribution in [0.2, 0.25) is 0 Å². The van der Waals surface area contributed by atoms with Gasteiger partial charge in [0.05, 0.1) is 16.6 Å². The number of pyridine rings is 1. The van der Waals surface area contributed by atoms with Crippen molar-refractivity contribution in [3.8, 4) is 11.3 Å². The number of aromatic amines is 1. The lowest BCUT2D eigenvalue weighted by molar-refractivity contribution is 0.387.